The molecule has 4 nitrogen and oxygen atoms in total. The standard InChI is InChI=1S/C14H13Br2NO3/c1-19-14(18)13(4-5-15)20-11-7-9-6-10(16)2-3-12(9)17-8-11/h2-3,6-8,13H,4-5H2,1H3. The molecule has 1 aromatic carbocycles. The van der Waals surface area contributed by atoms with Crippen molar-refractivity contribution in [3.63, 3.8) is 0 Å². The number of aromatic nitrogens is 1. The molecule has 0 N–H and O–H groups in total. The topological polar surface area (TPSA) is 48.4 Å². The first-order valence-corrected chi connectivity index (χ1v) is 7.91. The molecule has 0 amide bonds. The summed E-state index contributed by atoms with van der Waals surface area (Å²) in [5.74, 6) is 0.158. The lowest BCUT2D eigenvalue weighted by Gasteiger charge is -2.15. The van der Waals surface area contributed by atoms with E-state index in [2.05, 4.69) is 36.8 Å². The number of alkyl halides is 1. The van der Waals surface area contributed by atoms with Gasteiger partial charge in [0.25, 0.3) is 0 Å². The zero-order chi connectivity index (χ0) is 14.5. The van der Waals surface area contributed by atoms with E-state index < -0.39 is 12.1 Å². The second-order valence-electron chi connectivity index (χ2n) is 4.12. The summed E-state index contributed by atoms with van der Waals surface area (Å²) in [5, 5.41) is 1.60. The van der Waals surface area contributed by atoms with Gasteiger partial charge in [-0.05, 0) is 24.3 Å². The molecule has 6 heteroatoms. The van der Waals surface area contributed by atoms with Crippen LogP contribution in [0, 0.1) is 0 Å². The fourth-order valence-corrected chi connectivity index (χ4v) is 2.56. The van der Waals surface area contributed by atoms with E-state index in [-0.39, 0.29) is 0 Å². The molecule has 20 heavy (non-hydrogen) atoms. The maximum absolute atomic E-state index is 11.6. The Morgan fingerprint density at radius 3 is 2.90 bits per heavy atom. The summed E-state index contributed by atoms with van der Waals surface area (Å²) in [6.07, 6.45) is 1.51. The van der Waals surface area contributed by atoms with Gasteiger partial charge in [0.05, 0.1) is 18.8 Å². The number of hydrogen-bond acceptors (Lipinski definition) is 4. The van der Waals surface area contributed by atoms with Crippen LogP contribution in [0.4, 0.5) is 0 Å². The number of esters is 1. The predicted octanol–water partition coefficient (Wildman–Crippen LogP) is 3.70. The zero-order valence-electron chi connectivity index (χ0n) is 10.8. The van der Waals surface area contributed by atoms with Crippen LogP contribution >= 0.6 is 31.9 Å². The van der Waals surface area contributed by atoms with Crippen molar-refractivity contribution in [1.82, 2.24) is 4.98 Å². The van der Waals surface area contributed by atoms with Crippen LogP contribution in [0.15, 0.2) is 34.9 Å². The van der Waals surface area contributed by atoms with Gasteiger partial charge in [-0.1, -0.05) is 31.9 Å². The Hall–Kier alpha value is -1.14. The Morgan fingerprint density at radius 1 is 1.40 bits per heavy atom. The third kappa shape index (κ3) is 3.70. The highest BCUT2D eigenvalue weighted by molar-refractivity contribution is 9.10. The van der Waals surface area contributed by atoms with E-state index >= 15 is 0 Å². The molecule has 1 heterocycles. The van der Waals surface area contributed by atoms with E-state index in [4.69, 9.17) is 9.47 Å². The van der Waals surface area contributed by atoms with E-state index in [1.54, 1.807) is 6.20 Å². The first-order valence-electron chi connectivity index (χ1n) is 6.00. The van der Waals surface area contributed by atoms with Crippen molar-refractivity contribution >= 4 is 48.7 Å². The number of nitrogens with zero attached hydrogens (tertiary/aromatic N) is 1. The van der Waals surface area contributed by atoms with E-state index in [0.29, 0.717) is 17.5 Å². The molecule has 0 saturated carbocycles. The summed E-state index contributed by atoms with van der Waals surface area (Å²) in [6.45, 7) is 0. The number of ether oxygens (including phenoxy) is 2. The quantitative estimate of drug-likeness (QED) is 0.565. The van der Waals surface area contributed by atoms with Gasteiger partial charge in [0, 0.05) is 21.6 Å². The highest BCUT2D eigenvalue weighted by atomic mass is 79.9. The van der Waals surface area contributed by atoms with Crippen molar-refractivity contribution in [3.05, 3.63) is 34.9 Å². The molecule has 0 radical (unpaired) electrons. The third-order valence-corrected chi connectivity index (χ3v) is 3.68. The van der Waals surface area contributed by atoms with Gasteiger partial charge in [0.1, 0.15) is 5.75 Å². The lowest BCUT2D eigenvalue weighted by Crippen LogP contribution is -2.29. The van der Waals surface area contributed by atoms with Crippen molar-refractivity contribution in [1.29, 1.82) is 0 Å². The maximum atomic E-state index is 11.6. The molecule has 0 aliphatic heterocycles. The number of carbonyl (C=O) groups is 1. The van der Waals surface area contributed by atoms with Crippen LogP contribution < -0.4 is 4.74 Å². The van der Waals surface area contributed by atoms with Crippen molar-refractivity contribution in [2.24, 2.45) is 0 Å². The SMILES string of the molecule is COC(=O)C(CCBr)Oc1cnc2ccc(Br)cc2c1. The Morgan fingerprint density at radius 2 is 2.20 bits per heavy atom. The molecule has 1 unspecified atom stereocenters. The summed E-state index contributed by atoms with van der Waals surface area (Å²) in [6, 6.07) is 7.65. The number of rotatable bonds is 5. The molecule has 2 aromatic rings. The lowest BCUT2D eigenvalue weighted by atomic mass is 10.2. The van der Waals surface area contributed by atoms with Crippen LogP contribution in [0.1, 0.15) is 6.42 Å². The number of hydrogen-bond donors (Lipinski definition) is 0. The van der Waals surface area contributed by atoms with Crippen LogP contribution in [-0.2, 0) is 9.53 Å². The van der Waals surface area contributed by atoms with Crippen molar-refractivity contribution in [2.75, 3.05) is 12.4 Å². The first-order chi connectivity index (χ1) is 9.63. The van der Waals surface area contributed by atoms with Crippen LogP contribution in [0.5, 0.6) is 5.75 Å². The number of benzene rings is 1. The van der Waals surface area contributed by atoms with Gasteiger partial charge < -0.3 is 9.47 Å². The largest absolute Gasteiger partial charge is 0.477 e. The van der Waals surface area contributed by atoms with E-state index in [1.807, 2.05) is 24.3 Å². The van der Waals surface area contributed by atoms with Gasteiger partial charge in [0.15, 0.2) is 6.10 Å². The minimum Gasteiger partial charge on any atom is -0.477 e. The fourth-order valence-electron chi connectivity index (χ4n) is 1.77. The number of fused-ring (bicyclic) bond motifs is 1. The molecule has 1 atom stereocenters. The van der Waals surface area contributed by atoms with Crippen LogP contribution in [0.25, 0.3) is 10.9 Å². The molecule has 106 valence electrons. The van der Waals surface area contributed by atoms with E-state index in [1.165, 1.54) is 7.11 Å². The molecular weight excluding hydrogens is 390 g/mol. The average Bonchev–Trinajstić information content (AvgIpc) is 2.45. The fraction of sp³-hybridized carbons (Fsp3) is 0.286. The van der Waals surface area contributed by atoms with Gasteiger partial charge in [-0.3, -0.25) is 4.98 Å². The predicted molar refractivity (Wildman–Crippen MR) is 84.3 cm³/mol. The summed E-state index contributed by atoms with van der Waals surface area (Å²) < 4.78 is 11.4. The zero-order valence-corrected chi connectivity index (χ0v) is 14.0. The van der Waals surface area contributed by atoms with Crippen molar-refractivity contribution in [2.45, 2.75) is 12.5 Å². The van der Waals surface area contributed by atoms with Gasteiger partial charge in [0.2, 0.25) is 0 Å². The molecular formula is C14H13Br2NO3. The lowest BCUT2D eigenvalue weighted by molar-refractivity contribution is -0.148. The summed E-state index contributed by atoms with van der Waals surface area (Å²) in [5.41, 5.74) is 0.871. The molecule has 0 spiro atoms. The minimum absolute atomic E-state index is 0.390. The van der Waals surface area contributed by atoms with Gasteiger partial charge in [-0.2, -0.15) is 0 Å². The number of halogens is 2. The molecule has 0 saturated heterocycles. The maximum Gasteiger partial charge on any atom is 0.347 e. The molecule has 0 aliphatic rings. The average molecular weight is 403 g/mol. The number of carbonyl (C=O) groups excluding carboxylic acids is 1. The molecule has 0 aliphatic carbocycles. The Labute approximate surface area is 133 Å². The molecule has 0 bridgehead atoms. The second kappa shape index (κ2) is 7.04. The highest BCUT2D eigenvalue weighted by Gasteiger charge is 2.20. The van der Waals surface area contributed by atoms with E-state index in [9.17, 15) is 4.79 Å². The smallest absolute Gasteiger partial charge is 0.347 e. The monoisotopic (exact) mass is 401 g/mol. The van der Waals surface area contributed by atoms with Crippen LogP contribution in [0.3, 0.4) is 0 Å². The van der Waals surface area contributed by atoms with Crippen LogP contribution in [-0.4, -0.2) is 29.5 Å². The normalized spacial score (nSPS) is 12.2. The van der Waals surface area contributed by atoms with Gasteiger partial charge in [-0.15, -0.1) is 0 Å². The second-order valence-corrected chi connectivity index (χ2v) is 5.82. The third-order valence-electron chi connectivity index (χ3n) is 2.73. The molecule has 2 rings (SSSR count). The van der Waals surface area contributed by atoms with Crippen molar-refractivity contribution in [3.8, 4) is 5.75 Å². The minimum atomic E-state index is -0.634. The van der Waals surface area contributed by atoms with Gasteiger partial charge in [-0.25, -0.2) is 4.79 Å². The number of methoxy groups -OCH3 is 1. The summed E-state index contributed by atoms with van der Waals surface area (Å²) in [7, 11) is 1.35. The van der Waals surface area contributed by atoms with Crippen molar-refractivity contribution < 1.29 is 14.3 Å². The van der Waals surface area contributed by atoms with Gasteiger partial charge >= 0.3 is 5.97 Å². The Kier molecular flexibility index (Phi) is 5.37. The summed E-state index contributed by atoms with van der Waals surface area (Å²) >= 11 is 6.72. The molecule has 1 aromatic heterocycles. The summed E-state index contributed by atoms with van der Waals surface area (Å²) in [4.78, 5) is 15.9. The molecule has 0 fully saturated rings. The Bertz CT molecular complexity index is 618. The highest BCUT2D eigenvalue weighted by Crippen LogP contribution is 2.23. The van der Waals surface area contributed by atoms with Crippen LogP contribution in [0.2, 0.25) is 0 Å². The Balaban J connectivity index is 2.25. The van der Waals surface area contributed by atoms with E-state index in [0.717, 1.165) is 15.4 Å². The number of pyridine rings is 1. The first kappa shape index (κ1) is 15.3.